The number of carbonyl (C=O) groups is 3. The summed E-state index contributed by atoms with van der Waals surface area (Å²) in [6, 6.07) is 12.1. The van der Waals surface area contributed by atoms with Crippen LogP contribution in [0.15, 0.2) is 48.5 Å². The van der Waals surface area contributed by atoms with E-state index in [2.05, 4.69) is 10.9 Å². The Labute approximate surface area is 166 Å². The van der Waals surface area contributed by atoms with Crippen LogP contribution in [0.3, 0.4) is 0 Å². The summed E-state index contributed by atoms with van der Waals surface area (Å²) in [5.41, 5.74) is 4.69. The minimum atomic E-state index is -1.24. The molecule has 0 saturated heterocycles. The van der Waals surface area contributed by atoms with Crippen LogP contribution < -0.4 is 15.8 Å². The van der Waals surface area contributed by atoms with E-state index < -0.39 is 28.8 Å². The molecule has 0 saturated carbocycles. The van der Waals surface area contributed by atoms with Gasteiger partial charge >= 0.3 is 5.97 Å². The Morgan fingerprint density at radius 2 is 1.69 bits per heavy atom. The summed E-state index contributed by atoms with van der Waals surface area (Å²) < 4.78 is 5.03. The number of hydrogen-bond acceptors (Lipinski definition) is 7. The molecule has 0 bridgehead atoms. The van der Waals surface area contributed by atoms with Crippen LogP contribution in [0.5, 0.6) is 0 Å². The number of hydrogen-bond donors (Lipinski definition) is 2. The van der Waals surface area contributed by atoms with Gasteiger partial charge in [0, 0.05) is 25.7 Å². The SMILES string of the molecule is C[C@@H](OC(=O)c1ccc(N(C)C)c([N+](=O)[O-])c1)C(=O)NNC(=O)c1ccccc1. The second-order valence-corrected chi connectivity index (χ2v) is 6.21. The first kappa shape index (κ1) is 21.4. The number of carbonyl (C=O) groups excluding carboxylic acids is 3. The molecular formula is C19H20N4O6. The zero-order valence-corrected chi connectivity index (χ0v) is 16.0. The van der Waals surface area contributed by atoms with Crippen LogP contribution in [-0.2, 0) is 9.53 Å². The van der Waals surface area contributed by atoms with Crippen molar-refractivity contribution in [3.8, 4) is 0 Å². The number of rotatable bonds is 6. The molecule has 0 fully saturated rings. The van der Waals surface area contributed by atoms with E-state index in [1.165, 1.54) is 19.1 Å². The Morgan fingerprint density at radius 3 is 2.28 bits per heavy atom. The predicted octanol–water partition coefficient (Wildman–Crippen LogP) is 1.67. The number of nitrogens with one attached hydrogen (secondary N) is 2. The van der Waals surface area contributed by atoms with Crippen molar-refractivity contribution in [3.63, 3.8) is 0 Å². The van der Waals surface area contributed by atoms with Crippen molar-refractivity contribution >= 4 is 29.2 Å². The smallest absolute Gasteiger partial charge is 0.339 e. The molecule has 2 rings (SSSR count). The third-order valence-corrected chi connectivity index (χ3v) is 3.88. The van der Waals surface area contributed by atoms with Crippen molar-refractivity contribution in [2.75, 3.05) is 19.0 Å². The van der Waals surface area contributed by atoms with Crippen molar-refractivity contribution in [1.82, 2.24) is 10.9 Å². The summed E-state index contributed by atoms with van der Waals surface area (Å²) in [5.74, 6) is -2.20. The Balaban J connectivity index is 1.99. The van der Waals surface area contributed by atoms with Crippen LogP contribution in [0.1, 0.15) is 27.6 Å². The molecule has 152 valence electrons. The van der Waals surface area contributed by atoms with Gasteiger partial charge in [0.2, 0.25) is 0 Å². The lowest BCUT2D eigenvalue weighted by atomic mass is 10.1. The Bertz CT molecular complexity index is 930. The second kappa shape index (κ2) is 9.31. The lowest BCUT2D eigenvalue weighted by Gasteiger charge is -2.15. The quantitative estimate of drug-likeness (QED) is 0.428. The molecule has 2 aromatic carbocycles. The van der Waals surface area contributed by atoms with E-state index in [0.717, 1.165) is 6.07 Å². The van der Waals surface area contributed by atoms with Crippen molar-refractivity contribution in [2.45, 2.75) is 13.0 Å². The molecule has 1 atom stereocenters. The lowest BCUT2D eigenvalue weighted by Crippen LogP contribution is -2.46. The number of nitro groups is 1. The van der Waals surface area contributed by atoms with Gasteiger partial charge in [-0.3, -0.25) is 30.6 Å². The fourth-order valence-electron chi connectivity index (χ4n) is 2.34. The molecule has 0 spiro atoms. The molecule has 10 nitrogen and oxygen atoms in total. The molecule has 2 amide bonds. The topological polar surface area (TPSA) is 131 Å². The minimum Gasteiger partial charge on any atom is -0.449 e. The van der Waals surface area contributed by atoms with Gasteiger partial charge in [-0.05, 0) is 31.2 Å². The van der Waals surface area contributed by atoms with Crippen LogP contribution in [0.25, 0.3) is 0 Å². The first-order chi connectivity index (χ1) is 13.7. The number of ether oxygens (including phenoxy) is 1. The molecule has 2 aromatic rings. The highest BCUT2D eigenvalue weighted by atomic mass is 16.6. The van der Waals surface area contributed by atoms with Crippen molar-refractivity contribution in [1.29, 1.82) is 0 Å². The van der Waals surface area contributed by atoms with E-state index in [-0.39, 0.29) is 11.3 Å². The third kappa shape index (κ3) is 5.51. The van der Waals surface area contributed by atoms with Gasteiger partial charge in [-0.2, -0.15) is 0 Å². The van der Waals surface area contributed by atoms with Gasteiger partial charge in [0.15, 0.2) is 6.10 Å². The average molecular weight is 400 g/mol. The number of nitrogens with zero attached hydrogens (tertiary/aromatic N) is 2. The number of hydrazine groups is 1. The van der Waals surface area contributed by atoms with Crippen LogP contribution >= 0.6 is 0 Å². The van der Waals surface area contributed by atoms with Gasteiger partial charge in [0.05, 0.1) is 10.5 Å². The summed E-state index contributed by atoms with van der Waals surface area (Å²) >= 11 is 0. The Kier molecular flexibility index (Phi) is 6.85. The van der Waals surface area contributed by atoms with E-state index in [1.807, 2.05) is 0 Å². The standard InChI is InChI=1S/C19H20N4O6/c1-12(17(24)20-21-18(25)13-7-5-4-6-8-13)29-19(26)14-9-10-15(22(2)3)16(11-14)23(27)28/h4-12H,1-3H3,(H,20,24)(H,21,25)/t12-/m1/s1. The van der Waals surface area contributed by atoms with Crippen LogP contribution in [0.2, 0.25) is 0 Å². The number of esters is 1. The van der Waals surface area contributed by atoms with Gasteiger partial charge in [-0.25, -0.2) is 4.79 Å². The van der Waals surface area contributed by atoms with Crippen molar-refractivity contribution < 1.29 is 24.0 Å². The van der Waals surface area contributed by atoms with E-state index in [0.29, 0.717) is 11.3 Å². The highest BCUT2D eigenvalue weighted by molar-refractivity contribution is 5.96. The molecule has 10 heteroatoms. The zero-order chi connectivity index (χ0) is 21.6. The minimum absolute atomic E-state index is 0.0738. The Morgan fingerprint density at radius 1 is 1.03 bits per heavy atom. The molecule has 0 unspecified atom stereocenters. The fourth-order valence-corrected chi connectivity index (χ4v) is 2.34. The van der Waals surface area contributed by atoms with E-state index in [1.54, 1.807) is 49.3 Å². The summed E-state index contributed by atoms with van der Waals surface area (Å²) in [6.45, 7) is 1.31. The van der Waals surface area contributed by atoms with Gasteiger partial charge in [-0.1, -0.05) is 18.2 Å². The Hall–Kier alpha value is -3.95. The number of anilines is 1. The van der Waals surface area contributed by atoms with Crippen LogP contribution in [-0.4, -0.2) is 42.9 Å². The molecule has 0 aliphatic rings. The highest BCUT2D eigenvalue weighted by Crippen LogP contribution is 2.28. The molecule has 0 aromatic heterocycles. The normalized spacial score (nSPS) is 11.1. The van der Waals surface area contributed by atoms with Crippen molar-refractivity contribution in [2.24, 2.45) is 0 Å². The van der Waals surface area contributed by atoms with Gasteiger partial charge in [-0.15, -0.1) is 0 Å². The summed E-state index contributed by atoms with van der Waals surface area (Å²) in [4.78, 5) is 48.3. The summed E-state index contributed by atoms with van der Waals surface area (Å²) in [6.07, 6.45) is -1.24. The van der Waals surface area contributed by atoms with E-state index >= 15 is 0 Å². The zero-order valence-electron chi connectivity index (χ0n) is 16.0. The number of benzene rings is 2. The van der Waals surface area contributed by atoms with Gasteiger partial charge < -0.3 is 9.64 Å². The van der Waals surface area contributed by atoms with E-state index in [9.17, 15) is 24.5 Å². The molecule has 29 heavy (non-hydrogen) atoms. The first-order valence-corrected chi connectivity index (χ1v) is 8.52. The first-order valence-electron chi connectivity index (χ1n) is 8.52. The van der Waals surface area contributed by atoms with Crippen LogP contribution in [0, 0.1) is 10.1 Å². The summed E-state index contributed by atoms with van der Waals surface area (Å²) in [5, 5.41) is 11.2. The van der Waals surface area contributed by atoms with Gasteiger partial charge in [0.1, 0.15) is 5.69 Å². The van der Waals surface area contributed by atoms with Crippen LogP contribution in [0.4, 0.5) is 11.4 Å². The molecule has 0 aliphatic heterocycles. The lowest BCUT2D eigenvalue weighted by molar-refractivity contribution is -0.384. The highest BCUT2D eigenvalue weighted by Gasteiger charge is 2.23. The maximum atomic E-state index is 12.2. The molecule has 0 radical (unpaired) electrons. The van der Waals surface area contributed by atoms with Crippen molar-refractivity contribution in [3.05, 3.63) is 69.8 Å². The van der Waals surface area contributed by atoms with Gasteiger partial charge in [0.25, 0.3) is 17.5 Å². The van der Waals surface area contributed by atoms with E-state index in [4.69, 9.17) is 4.74 Å². The molecular weight excluding hydrogens is 380 g/mol. The predicted molar refractivity (Wildman–Crippen MR) is 104 cm³/mol. The number of amides is 2. The second-order valence-electron chi connectivity index (χ2n) is 6.21. The molecule has 2 N–H and O–H groups in total. The largest absolute Gasteiger partial charge is 0.449 e. The fraction of sp³-hybridized carbons (Fsp3) is 0.211. The average Bonchev–Trinajstić information content (AvgIpc) is 2.71. The summed E-state index contributed by atoms with van der Waals surface area (Å²) in [7, 11) is 3.27. The monoisotopic (exact) mass is 400 g/mol. The number of nitro benzene ring substituents is 1. The maximum absolute atomic E-state index is 12.2. The molecule has 0 aliphatic carbocycles. The third-order valence-electron chi connectivity index (χ3n) is 3.88. The molecule has 0 heterocycles. The maximum Gasteiger partial charge on any atom is 0.339 e.